The Morgan fingerprint density at radius 2 is 1.94 bits per heavy atom. The second kappa shape index (κ2) is 9.89. The predicted molar refractivity (Wildman–Crippen MR) is 141 cm³/mol. The van der Waals surface area contributed by atoms with Crippen LogP contribution in [0.1, 0.15) is 44.2 Å². The maximum Gasteiger partial charge on any atom is 0.217 e. The van der Waals surface area contributed by atoms with Gasteiger partial charge in [0.2, 0.25) is 11.4 Å². The molecule has 0 bridgehead atoms. The lowest BCUT2D eigenvalue weighted by molar-refractivity contribution is -0.371. The zero-order valence-electron chi connectivity index (χ0n) is 20.6. The highest BCUT2D eigenvalue weighted by molar-refractivity contribution is 6.29. The summed E-state index contributed by atoms with van der Waals surface area (Å²) in [4.78, 5) is 2.12. The number of anilines is 1. The SMILES string of the molecule is C=[N+]1/C(=C/C=C2\CCCC(Cc3ccc(N(C)C)cc3)[C+]2Cl)C(C)(C)c2cc(OCO)ccc21. The highest BCUT2D eigenvalue weighted by Gasteiger charge is 2.46. The highest BCUT2D eigenvalue weighted by atomic mass is 35.5. The fourth-order valence-corrected chi connectivity index (χ4v) is 5.46. The van der Waals surface area contributed by atoms with Crippen LogP contribution in [-0.2, 0) is 11.8 Å². The molecule has 1 aliphatic heterocycles. The smallest absolute Gasteiger partial charge is 0.217 e. The van der Waals surface area contributed by atoms with Gasteiger partial charge < -0.3 is 14.7 Å². The van der Waals surface area contributed by atoms with E-state index < -0.39 is 0 Å². The molecule has 4 nitrogen and oxygen atoms in total. The van der Waals surface area contributed by atoms with Gasteiger partial charge in [0.05, 0.1) is 23.5 Å². The van der Waals surface area contributed by atoms with Crippen LogP contribution in [0.4, 0.5) is 11.4 Å². The van der Waals surface area contributed by atoms with Gasteiger partial charge in [-0.05, 0) is 62.9 Å². The first-order valence-electron chi connectivity index (χ1n) is 11.9. The van der Waals surface area contributed by atoms with Crippen molar-refractivity contribution in [2.24, 2.45) is 5.92 Å². The maximum absolute atomic E-state index is 9.12. The Morgan fingerprint density at radius 3 is 2.62 bits per heavy atom. The molecule has 1 saturated carbocycles. The molecule has 34 heavy (non-hydrogen) atoms. The Hall–Kier alpha value is -2.69. The Kier molecular flexibility index (Phi) is 7.11. The van der Waals surface area contributed by atoms with Gasteiger partial charge in [-0.15, -0.1) is 0 Å². The summed E-state index contributed by atoms with van der Waals surface area (Å²) in [6.45, 7) is 8.35. The summed E-state index contributed by atoms with van der Waals surface area (Å²) in [5, 5.41) is 10.1. The number of halogens is 1. The Bertz CT molecular complexity index is 1120. The zero-order chi connectivity index (χ0) is 24.5. The van der Waals surface area contributed by atoms with Crippen LogP contribution in [0.5, 0.6) is 5.75 Å². The third kappa shape index (κ3) is 4.75. The molecule has 0 radical (unpaired) electrons. The first-order chi connectivity index (χ1) is 16.2. The molecular weight excluding hydrogens is 444 g/mol. The van der Waals surface area contributed by atoms with Crippen molar-refractivity contribution in [1.82, 2.24) is 0 Å². The van der Waals surface area contributed by atoms with E-state index in [1.54, 1.807) is 0 Å². The topological polar surface area (TPSA) is 35.7 Å². The van der Waals surface area contributed by atoms with E-state index in [1.807, 2.05) is 22.8 Å². The summed E-state index contributed by atoms with van der Waals surface area (Å²) in [5.41, 5.74) is 6.82. The van der Waals surface area contributed by atoms with E-state index in [1.165, 1.54) is 16.8 Å². The molecule has 0 saturated heterocycles. The average Bonchev–Trinajstić information content (AvgIpc) is 3.00. The number of aliphatic hydroxyl groups excluding tert-OH is 1. The van der Waals surface area contributed by atoms with Gasteiger partial charge >= 0.3 is 0 Å². The molecule has 0 aromatic heterocycles. The molecule has 2 aliphatic rings. The molecular formula is C29H35ClN2O2+2. The van der Waals surface area contributed by atoms with Crippen LogP contribution in [0.2, 0.25) is 0 Å². The van der Waals surface area contributed by atoms with Gasteiger partial charge in [-0.3, -0.25) is 0 Å². The van der Waals surface area contributed by atoms with Crippen LogP contribution in [-0.4, -0.2) is 37.3 Å². The zero-order valence-corrected chi connectivity index (χ0v) is 21.4. The van der Waals surface area contributed by atoms with Crippen molar-refractivity contribution < 1.29 is 14.4 Å². The number of nitrogens with zero attached hydrogens (tertiary/aromatic N) is 2. The lowest BCUT2D eigenvalue weighted by atomic mass is 9.80. The van der Waals surface area contributed by atoms with Gasteiger partial charge in [0.1, 0.15) is 18.0 Å². The lowest BCUT2D eigenvalue weighted by Crippen LogP contribution is -2.19. The minimum absolute atomic E-state index is 0.238. The molecule has 0 amide bonds. The van der Waals surface area contributed by atoms with E-state index in [-0.39, 0.29) is 12.2 Å². The number of hydrogen-bond acceptors (Lipinski definition) is 3. The number of fused-ring (bicyclic) bond motifs is 1. The van der Waals surface area contributed by atoms with E-state index in [0.29, 0.717) is 11.7 Å². The third-order valence-corrected chi connectivity index (χ3v) is 7.69. The Balaban J connectivity index is 1.54. The molecule has 1 aliphatic carbocycles. The van der Waals surface area contributed by atoms with Crippen LogP contribution < -0.4 is 9.64 Å². The molecule has 4 rings (SSSR count). The monoisotopic (exact) mass is 478 g/mol. The number of allylic oxidation sites excluding steroid dienone is 4. The van der Waals surface area contributed by atoms with Gasteiger partial charge in [0.25, 0.3) is 0 Å². The standard InChI is InChI=1S/C29H35ClN2O2/c1-29(2)25-18-24(34-19-33)14-15-26(25)32(5)27(29)16-11-21-7-6-8-22(28(21)30)17-20-9-12-23(13-10-20)31(3)4/h9-16,18,22,33H,5-8,17,19H2,1-4H3/q+2/b21-11+,27-16+. The molecule has 5 heteroatoms. The fraction of sp³-hybridized carbons (Fsp3) is 0.379. The Morgan fingerprint density at radius 1 is 1.21 bits per heavy atom. The minimum Gasteiger partial charge on any atom is -0.468 e. The number of aliphatic hydroxyl groups is 1. The van der Waals surface area contributed by atoms with Gasteiger partial charge in [-0.1, -0.05) is 12.1 Å². The number of rotatable bonds is 6. The Labute approximate surface area is 208 Å². The fourth-order valence-electron chi connectivity index (χ4n) is 5.11. The van der Waals surface area contributed by atoms with Crippen molar-refractivity contribution in [2.45, 2.75) is 44.9 Å². The van der Waals surface area contributed by atoms with Crippen LogP contribution >= 0.6 is 11.6 Å². The summed E-state index contributed by atoms with van der Waals surface area (Å²) in [6.07, 6.45) is 8.59. The average molecular weight is 479 g/mol. The predicted octanol–water partition coefficient (Wildman–Crippen LogP) is 6.34. The van der Waals surface area contributed by atoms with Gasteiger partial charge in [-0.2, -0.15) is 4.58 Å². The molecule has 178 valence electrons. The van der Waals surface area contributed by atoms with Crippen molar-refractivity contribution in [1.29, 1.82) is 0 Å². The molecule has 0 spiro atoms. The maximum atomic E-state index is 9.12. The van der Waals surface area contributed by atoms with Crippen molar-refractivity contribution >= 4 is 29.7 Å². The quantitative estimate of drug-likeness (QED) is 0.299. The number of benzene rings is 2. The van der Waals surface area contributed by atoms with Crippen LogP contribution in [0.3, 0.4) is 0 Å². The lowest BCUT2D eigenvalue weighted by Gasteiger charge is -2.23. The summed E-state index contributed by atoms with van der Waals surface area (Å²) in [5.74, 6) is 1.01. The van der Waals surface area contributed by atoms with E-state index in [4.69, 9.17) is 21.4 Å². The van der Waals surface area contributed by atoms with Crippen molar-refractivity contribution in [2.75, 3.05) is 25.8 Å². The first-order valence-corrected chi connectivity index (χ1v) is 12.3. The van der Waals surface area contributed by atoms with E-state index in [2.05, 4.69) is 76.0 Å². The van der Waals surface area contributed by atoms with Gasteiger partial charge in [0.15, 0.2) is 12.2 Å². The van der Waals surface area contributed by atoms with E-state index in [9.17, 15) is 0 Å². The number of ether oxygens (including phenoxy) is 1. The van der Waals surface area contributed by atoms with E-state index in [0.717, 1.165) is 48.0 Å². The second-order valence-electron chi connectivity index (χ2n) is 9.95. The first kappa shape index (κ1) is 24.4. The minimum atomic E-state index is -0.336. The summed E-state index contributed by atoms with van der Waals surface area (Å²) >= 11 is 6.96. The summed E-state index contributed by atoms with van der Waals surface area (Å²) in [7, 11) is 4.12. The third-order valence-electron chi connectivity index (χ3n) is 7.14. The van der Waals surface area contributed by atoms with Crippen LogP contribution in [0, 0.1) is 11.3 Å². The molecule has 1 unspecified atom stereocenters. The molecule has 2 aromatic carbocycles. The molecule has 1 heterocycles. The second-order valence-corrected chi connectivity index (χ2v) is 10.4. The number of hydrogen-bond donors (Lipinski definition) is 1. The van der Waals surface area contributed by atoms with E-state index >= 15 is 0 Å². The molecule has 1 fully saturated rings. The highest BCUT2D eigenvalue weighted by Crippen LogP contribution is 2.48. The van der Waals surface area contributed by atoms with Crippen molar-refractivity contribution in [3.63, 3.8) is 0 Å². The van der Waals surface area contributed by atoms with Crippen molar-refractivity contribution in [3.8, 4) is 5.75 Å². The van der Waals surface area contributed by atoms with Gasteiger partial charge in [0, 0.05) is 49.4 Å². The largest absolute Gasteiger partial charge is 0.468 e. The molecule has 1 atom stereocenters. The summed E-state index contributed by atoms with van der Waals surface area (Å²) in [6, 6.07) is 14.6. The van der Waals surface area contributed by atoms with Gasteiger partial charge in [-0.25, -0.2) is 0 Å². The van der Waals surface area contributed by atoms with Crippen molar-refractivity contribution in [3.05, 3.63) is 82.4 Å². The van der Waals surface area contributed by atoms with Crippen LogP contribution in [0.25, 0.3) is 0 Å². The van der Waals surface area contributed by atoms with Crippen LogP contribution in [0.15, 0.2) is 65.9 Å². The summed E-state index contributed by atoms with van der Waals surface area (Å²) < 4.78 is 7.30. The molecule has 1 N–H and O–H groups in total. The molecule has 2 aromatic rings. The normalized spacial score (nSPS) is 21.8.